The Kier molecular flexibility index (Phi) is 4.88. The Hall–Kier alpha value is -2.04. The number of carbonyl (C=O) groups is 1. The van der Waals surface area contributed by atoms with Crippen molar-refractivity contribution >= 4 is 11.9 Å². The van der Waals surface area contributed by atoms with Crippen molar-refractivity contribution in [2.24, 2.45) is 10.4 Å². The minimum Gasteiger partial charge on any atom is -0.356 e. The van der Waals surface area contributed by atoms with Crippen LogP contribution in [-0.2, 0) is 11.2 Å². The smallest absolute Gasteiger partial charge is 0.220 e. The van der Waals surface area contributed by atoms with E-state index in [1.165, 1.54) is 30.4 Å². The van der Waals surface area contributed by atoms with Gasteiger partial charge in [0.05, 0.1) is 0 Å². The minimum atomic E-state index is 0.102. The molecule has 2 atom stereocenters. The van der Waals surface area contributed by atoms with Crippen molar-refractivity contribution in [1.82, 2.24) is 15.5 Å². The molecule has 0 aromatic heterocycles. The average molecular weight is 354 g/mol. The monoisotopic (exact) mass is 354 g/mol. The van der Waals surface area contributed by atoms with Gasteiger partial charge in [-0.1, -0.05) is 24.3 Å². The summed E-state index contributed by atoms with van der Waals surface area (Å²) in [5.41, 5.74) is 3.11. The molecule has 4 rings (SSSR count). The molecule has 140 valence electrons. The van der Waals surface area contributed by atoms with E-state index >= 15 is 0 Å². The normalized spacial score (nSPS) is 28.8. The third-order valence-corrected chi connectivity index (χ3v) is 6.37. The van der Waals surface area contributed by atoms with E-state index in [0.717, 1.165) is 45.0 Å². The van der Waals surface area contributed by atoms with Crippen molar-refractivity contribution in [3.63, 3.8) is 0 Å². The molecular formula is C21H30N4O. The van der Waals surface area contributed by atoms with Gasteiger partial charge < -0.3 is 15.5 Å². The van der Waals surface area contributed by atoms with E-state index in [1.54, 1.807) is 0 Å². The zero-order valence-corrected chi connectivity index (χ0v) is 15.8. The molecule has 1 aromatic carbocycles. The predicted molar refractivity (Wildman–Crippen MR) is 104 cm³/mol. The minimum absolute atomic E-state index is 0.102. The molecule has 2 aliphatic heterocycles. The number of piperidine rings is 1. The van der Waals surface area contributed by atoms with Gasteiger partial charge in [-0.05, 0) is 43.2 Å². The molecule has 5 heteroatoms. The molecule has 3 aliphatic rings. The van der Waals surface area contributed by atoms with Gasteiger partial charge in [0.2, 0.25) is 5.91 Å². The maximum atomic E-state index is 11.7. The Morgan fingerprint density at radius 1 is 1.38 bits per heavy atom. The van der Waals surface area contributed by atoms with Gasteiger partial charge in [0.1, 0.15) is 0 Å². The molecule has 2 N–H and O–H groups in total. The Balaban J connectivity index is 1.40. The lowest BCUT2D eigenvalue weighted by atomic mass is 9.79. The van der Waals surface area contributed by atoms with Gasteiger partial charge in [0, 0.05) is 51.0 Å². The molecule has 1 aliphatic carbocycles. The molecule has 1 amide bonds. The van der Waals surface area contributed by atoms with Crippen molar-refractivity contribution in [3.05, 3.63) is 35.4 Å². The van der Waals surface area contributed by atoms with Crippen molar-refractivity contribution in [2.75, 3.05) is 33.2 Å². The fourth-order valence-corrected chi connectivity index (χ4v) is 5.04. The first-order valence-electron chi connectivity index (χ1n) is 9.99. The fourth-order valence-electron chi connectivity index (χ4n) is 5.04. The lowest BCUT2D eigenvalue weighted by Crippen LogP contribution is -2.51. The number of carbonyl (C=O) groups excluding carboxylic acids is 1. The summed E-state index contributed by atoms with van der Waals surface area (Å²) in [5.74, 6) is 1.75. The number of rotatable bonds is 2. The Morgan fingerprint density at radius 2 is 2.27 bits per heavy atom. The molecule has 2 heterocycles. The largest absolute Gasteiger partial charge is 0.356 e. The van der Waals surface area contributed by atoms with Gasteiger partial charge in [-0.2, -0.15) is 0 Å². The van der Waals surface area contributed by atoms with Crippen LogP contribution in [0.4, 0.5) is 0 Å². The molecular weight excluding hydrogens is 324 g/mol. The van der Waals surface area contributed by atoms with E-state index in [0.29, 0.717) is 12.3 Å². The van der Waals surface area contributed by atoms with E-state index < -0.39 is 0 Å². The molecule has 2 fully saturated rings. The van der Waals surface area contributed by atoms with Crippen LogP contribution in [0, 0.1) is 5.41 Å². The zero-order valence-electron chi connectivity index (χ0n) is 15.8. The number of likely N-dealkylation sites (tertiary alicyclic amines) is 1. The lowest BCUT2D eigenvalue weighted by molar-refractivity contribution is -0.119. The third kappa shape index (κ3) is 3.44. The van der Waals surface area contributed by atoms with Crippen LogP contribution < -0.4 is 10.6 Å². The number of aryl methyl sites for hydroxylation is 1. The maximum absolute atomic E-state index is 11.7. The number of hydrogen-bond acceptors (Lipinski definition) is 2. The highest BCUT2D eigenvalue weighted by molar-refractivity contribution is 5.81. The highest BCUT2D eigenvalue weighted by Gasteiger charge is 2.42. The standard InChI is InChI=1S/C21H30N4O/c1-22-20(25-11-5-10-21(15-25)12-19(26)24-14-21)23-13-17-8-4-7-16-6-2-3-9-18(16)17/h2-3,6,9,17H,4-5,7-8,10-15H2,1H3,(H,22,23)(H,24,26). The van der Waals surface area contributed by atoms with Crippen molar-refractivity contribution < 1.29 is 4.79 Å². The van der Waals surface area contributed by atoms with Crippen LogP contribution in [0.2, 0.25) is 0 Å². The van der Waals surface area contributed by atoms with Crippen molar-refractivity contribution in [3.8, 4) is 0 Å². The first-order valence-corrected chi connectivity index (χ1v) is 9.99. The van der Waals surface area contributed by atoms with Crippen molar-refractivity contribution in [2.45, 2.75) is 44.4 Å². The topological polar surface area (TPSA) is 56.7 Å². The van der Waals surface area contributed by atoms with E-state index in [1.807, 2.05) is 7.05 Å². The number of nitrogens with zero attached hydrogens (tertiary/aromatic N) is 2. The second-order valence-corrected chi connectivity index (χ2v) is 8.19. The zero-order chi connectivity index (χ0) is 18.0. The Morgan fingerprint density at radius 3 is 3.08 bits per heavy atom. The van der Waals surface area contributed by atoms with Gasteiger partial charge in [-0.25, -0.2) is 0 Å². The summed E-state index contributed by atoms with van der Waals surface area (Å²) in [6, 6.07) is 8.87. The molecule has 0 bridgehead atoms. The molecule has 1 aromatic rings. The fraction of sp³-hybridized carbons (Fsp3) is 0.619. The summed E-state index contributed by atoms with van der Waals surface area (Å²) < 4.78 is 0. The van der Waals surface area contributed by atoms with Crippen LogP contribution >= 0.6 is 0 Å². The summed E-state index contributed by atoms with van der Waals surface area (Å²) in [7, 11) is 1.87. The number of guanidine groups is 1. The van der Waals surface area contributed by atoms with E-state index in [4.69, 9.17) is 0 Å². The summed E-state index contributed by atoms with van der Waals surface area (Å²) in [6.07, 6.45) is 6.64. The molecule has 0 radical (unpaired) electrons. The highest BCUT2D eigenvalue weighted by atomic mass is 16.1. The third-order valence-electron chi connectivity index (χ3n) is 6.37. The van der Waals surface area contributed by atoms with Gasteiger partial charge in [-0.3, -0.25) is 9.79 Å². The van der Waals surface area contributed by atoms with Gasteiger partial charge in [-0.15, -0.1) is 0 Å². The maximum Gasteiger partial charge on any atom is 0.220 e. The molecule has 26 heavy (non-hydrogen) atoms. The van der Waals surface area contributed by atoms with Crippen molar-refractivity contribution in [1.29, 1.82) is 0 Å². The molecule has 1 spiro atoms. The highest BCUT2D eigenvalue weighted by Crippen LogP contribution is 2.36. The van der Waals surface area contributed by atoms with Crippen LogP contribution in [0.1, 0.15) is 49.1 Å². The van der Waals surface area contributed by atoms with Gasteiger partial charge >= 0.3 is 0 Å². The van der Waals surface area contributed by atoms with Crippen LogP contribution in [0.15, 0.2) is 29.3 Å². The lowest BCUT2D eigenvalue weighted by Gasteiger charge is -2.41. The summed E-state index contributed by atoms with van der Waals surface area (Å²) in [6.45, 7) is 3.70. The second kappa shape index (κ2) is 7.29. The molecule has 2 unspecified atom stereocenters. The summed E-state index contributed by atoms with van der Waals surface area (Å²) in [5, 5.41) is 6.66. The van der Waals surface area contributed by atoms with E-state index in [2.05, 4.69) is 44.8 Å². The van der Waals surface area contributed by atoms with Crippen LogP contribution in [0.25, 0.3) is 0 Å². The number of benzene rings is 1. The average Bonchev–Trinajstić information content (AvgIpc) is 3.02. The number of aliphatic imine (C=N–C) groups is 1. The number of nitrogens with one attached hydrogen (secondary N) is 2. The van der Waals surface area contributed by atoms with Crippen LogP contribution in [0.5, 0.6) is 0 Å². The second-order valence-electron chi connectivity index (χ2n) is 8.19. The quantitative estimate of drug-likeness (QED) is 0.633. The van der Waals surface area contributed by atoms with Gasteiger partial charge in [0.15, 0.2) is 5.96 Å². The number of amides is 1. The predicted octanol–water partition coefficient (Wildman–Crippen LogP) is 2.28. The first kappa shape index (κ1) is 17.4. The van der Waals surface area contributed by atoms with Crippen LogP contribution in [-0.4, -0.2) is 50.0 Å². The number of fused-ring (bicyclic) bond motifs is 1. The van der Waals surface area contributed by atoms with Gasteiger partial charge in [0.25, 0.3) is 0 Å². The Bertz CT molecular complexity index is 701. The Labute approximate surface area is 156 Å². The SMILES string of the molecule is CN=C(NCC1CCCc2ccccc21)N1CCCC2(CNC(=O)C2)C1. The summed E-state index contributed by atoms with van der Waals surface area (Å²) in [4.78, 5) is 18.6. The first-order chi connectivity index (χ1) is 12.7. The molecule has 2 saturated heterocycles. The molecule has 5 nitrogen and oxygen atoms in total. The molecule has 0 saturated carbocycles. The van der Waals surface area contributed by atoms with E-state index in [-0.39, 0.29) is 11.3 Å². The number of hydrogen-bond donors (Lipinski definition) is 2. The van der Waals surface area contributed by atoms with E-state index in [9.17, 15) is 4.79 Å². The van der Waals surface area contributed by atoms with Crippen LogP contribution in [0.3, 0.4) is 0 Å². The summed E-state index contributed by atoms with van der Waals surface area (Å²) >= 11 is 0.